The lowest BCUT2D eigenvalue weighted by molar-refractivity contribution is -0.136. The highest BCUT2D eigenvalue weighted by atomic mass is 19.4. The van der Waals surface area contributed by atoms with E-state index in [-0.39, 0.29) is 10.8 Å². The molecule has 3 heteroatoms. The highest BCUT2D eigenvalue weighted by Crippen LogP contribution is 2.40. The highest BCUT2D eigenvalue weighted by molar-refractivity contribution is 5.90. The average molecular weight is 266 g/mol. The fourth-order valence-electron chi connectivity index (χ4n) is 2.53. The van der Waals surface area contributed by atoms with Crippen molar-refractivity contribution in [1.82, 2.24) is 0 Å². The predicted octanol–water partition coefficient (Wildman–Crippen LogP) is 5.46. The number of halogens is 3. The summed E-state index contributed by atoms with van der Waals surface area (Å²) in [6.07, 6.45) is -4.33. The van der Waals surface area contributed by atoms with Crippen LogP contribution in [0.25, 0.3) is 10.8 Å². The summed E-state index contributed by atoms with van der Waals surface area (Å²) in [4.78, 5) is 0. The molecule has 0 bridgehead atoms. The minimum absolute atomic E-state index is 0.278. The summed E-state index contributed by atoms with van der Waals surface area (Å²) >= 11 is 0. The summed E-state index contributed by atoms with van der Waals surface area (Å²) in [6.45, 7) is 7.70. The van der Waals surface area contributed by atoms with Gasteiger partial charge in [0.05, 0.1) is 5.56 Å². The van der Waals surface area contributed by atoms with Crippen molar-refractivity contribution in [1.29, 1.82) is 0 Å². The predicted molar refractivity (Wildman–Crippen MR) is 72.4 cm³/mol. The monoisotopic (exact) mass is 266 g/mol. The van der Waals surface area contributed by atoms with E-state index in [0.29, 0.717) is 5.39 Å². The van der Waals surface area contributed by atoms with Crippen molar-refractivity contribution in [2.24, 2.45) is 0 Å². The molecule has 0 fully saturated rings. The summed E-state index contributed by atoms with van der Waals surface area (Å²) in [5.41, 5.74) is 0.821. The zero-order valence-electron chi connectivity index (χ0n) is 11.5. The Morgan fingerprint density at radius 1 is 0.842 bits per heavy atom. The Labute approximate surface area is 111 Å². The van der Waals surface area contributed by atoms with Gasteiger partial charge in [0.25, 0.3) is 0 Å². The molecule has 19 heavy (non-hydrogen) atoms. The van der Waals surface area contributed by atoms with Crippen molar-refractivity contribution in [3.8, 4) is 0 Å². The zero-order valence-corrected chi connectivity index (χ0v) is 11.5. The van der Waals surface area contributed by atoms with Crippen LogP contribution < -0.4 is 0 Å². The molecule has 0 unspecified atom stereocenters. The number of fused-ring (bicyclic) bond motifs is 1. The molecule has 0 aromatic heterocycles. The lowest BCUT2D eigenvalue weighted by Gasteiger charge is -2.25. The first kappa shape index (κ1) is 13.9. The summed E-state index contributed by atoms with van der Waals surface area (Å²) in [6, 6.07) is 8.03. The lowest BCUT2D eigenvalue weighted by atomic mass is 9.81. The first-order chi connectivity index (χ1) is 8.62. The molecule has 0 heterocycles. The van der Waals surface area contributed by atoms with Gasteiger partial charge in [-0.3, -0.25) is 0 Å². The van der Waals surface area contributed by atoms with Crippen molar-refractivity contribution in [3.05, 3.63) is 47.0 Å². The van der Waals surface area contributed by atoms with Crippen molar-refractivity contribution in [2.45, 2.75) is 39.3 Å². The molecule has 102 valence electrons. The van der Waals surface area contributed by atoms with Crippen LogP contribution in [-0.2, 0) is 11.6 Å². The standard InChI is InChI=1S/C16H17F3/c1-10-11-7-5-6-8-12(11)14(16(17,18)19)9-13(10)15(2,3)4/h5-9H,1-4H3. The molecule has 0 saturated carbocycles. The first-order valence-corrected chi connectivity index (χ1v) is 6.22. The van der Waals surface area contributed by atoms with Crippen LogP contribution >= 0.6 is 0 Å². The van der Waals surface area contributed by atoms with Crippen LogP contribution in [0.3, 0.4) is 0 Å². The van der Waals surface area contributed by atoms with Crippen molar-refractivity contribution < 1.29 is 13.2 Å². The van der Waals surface area contributed by atoms with Gasteiger partial charge in [-0.05, 0) is 40.3 Å². The topological polar surface area (TPSA) is 0 Å². The van der Waals surface area contributed by atoms with Gasteiger partial charge in [-0.15, -0.1) is 0 Å². The average Bonchev–Trinajstić information content (AvgIpc) is 2.26. The van der Waals surface area contributed by atoms with E-state index >= 15 is 0 Å². The number of hydrogen-bond acceptors (Lipinski definition) is 0. The molecular weight excluding hydrogens is 249 g/mol. The summed E-state index contributed by atoms with van der Waals surface area (Å²) in [5, 5.41) is 0.961. The minimum atomic E-state index is -4.33. The van der Waals surface area contributed by atoms with E-state index in [2.05, 4.69) is 0 Å². The number of aryl methyl sites for hydroxylation is 1. The van der Waals surface area contributed by atoms with Gasteiger partial charge in [-0.25, -0.2) is 0 Å². The SMILES string of the molecule is Cc1c(C(C)(C)C)cc(C(F)(F)F)c2ccccc12. The Balaban J connectivity index is 2.93. The van der Waals surface area contributed by atoms with Crippen LogP contribution in [0.15, 0.2) is 30.3 Å². The smallest absolute Gasteiger partial charge is 0.166 e. The van der Waals surface area contributed by atoms with Crippen LogP contribution in [0.1, 0.15) is 37.5 Å². The van der Waals surface area contributed by atoms with Gasteiger partial charge in [0.2, 0.25) is 0 Å². The zero-order chi connectivity index (χ0) is 14.4. The molecule has 0 saturated heterocycles. The van der Waals surface area contributed by atoms with Gasteiger partial charge in [0.15, 0.2) is 0 Å². The van der Waals surface area contributed by atoms with Gasteiger partial charge in [-0.1, -0.05) is 45.0 Å². The largest absolute Gasteiger partial charge is 0.417 e. The third kappa shape index (κ3) is 2.46. The molecule has 0 amide bonds. The molecule has 0 aliphatic rings. The van der Waals surface area contributed by atoms with Crippen LogP contribution in [-0.4, -0.2) is 0 Å². The number of alkyl halides is 3. The minimum Gasteiger partial charge on any atom is -0.166 e. The maximum atomic E-state index is 13.2. The molecular formula is C16H17F3. The maximum absolute atomic E-state index is 13.2. The van der Waals surface area contributed by atoms with Gasteiger partial charge in [-0.2, -0.15) is 13.2 Å². The van der Waals surface area contributed by atoms with Crippen molar-refractivity contribution >= 4 is 10.8 Å². The van der Waals surface area contributed by atoms with E-state index in [1.54, 1.807) is 18.2 Å². The normalized spacial score (nSPS) is 13.0. The van der Waals surface area contributed by atoms with Crippen molar-refractivity contribution in [2.75, 3.05) is 0 Å². The van der Waals surface area contributed by atoms with Crippen LogP contribution in [0.4, 0.5) is 13.2 Å². The molecule has 0 radical (unpaired) electrons. The van der Waals surface area contributed by atoms with Crippen LogP contribution in [0.5, 0.6) is 0 Å². The third-order valence-electron chi connectivity index (χ3n) is 3.43. The number of rotatable bonds is 0. The first-order valence-electron chi connectivity index (χ1n) is 6.22. The van der Waals surface area contributed by atoms with Crippen molar-refractivity contribution in [3.63, 3.8) is 0 Å². The second-order valence-corrected chi connectivity index (χ2v) is 5.89. The quantitative estimate of drug-likeness (QED) is 0.593. The molecule has 0 atom stereocenters. The van der Waals surface area contributed by atoms with Crippen LogP contribution in [0.2, 0.25) is 0 Å². The number of benzene rings is 2. The van der Waals surface area contributed by atoms with E-state index < -0.39 is 11.7 Å². The molecule has 2 aromatic carbocycles. The van der Waals surface area contributed by atoms with Gasteiger partial charge < -0.3 is 0 Å². The summed E-state index contributed by atoms with van der Waals surface area (Å²) in [5.74, 6) is 0. The number of hydrogen-bond donors (Lipinski definition) is 0. The van der Waals surface area contributed by atoms with E-state index in [4.69, 9.17) is 0 Å². The van der Waals surface area contributed by atoms with E-state index in [1.807, 2.05) is 27.7 Å². The Hall–Kier alpha value is -1.51. The second kappa shape index (κ2) is 4.26. The fourth-order valence-corrected chi connectivity index (χ4v) is 2.53. The molecule has 2 rings (SSSR count). The molecule has 0 aliphatic carbocycles. The van der Waals surface area contributed by atoms with E-state index in [9.17, 15) is 13.2 Å². The molecule has 0 N–H and O–H groups in total. The lowest BCUT2D eigenvalue weighted by Crippen LogP contribution is -2.16. The summed E-state index contributed by atoms with van der Waals surface area (Å²) in [7, 11) is 0. The Kier molecular flexibility index (Phi) is 3.12. The molecule has 0 aliphatic heterocycles. The highest BCUT2D eigenvalue weighted by Gasteiger charge is 2.34. The van der Waals surface area contributed by atoms with E-state index in [1.165, 1.54) is 12.1 Å². The third-order valence-corrected chi connectivity index (χ3v) is 3.43. The Morgan fingerprint density at radius 3 is 1.84 bits per heavy atom. The Bertz CT molecular complexity index is 616. The molecule has 0 nitrogen and oxygen atoms in total. The molecule has 2 aromatic rings. The fraction of sp³-hybridized carbons (Fsp3) is 0.375. The van der Waals surface area contributed by atoms with E-state index in [0.717, 1.165) is 11.1 Å². The van der Waals surface area contributed by atoms with Gasteiger partial charge >= 0.3 is 6.18 Å². The Morgan fingerprint density at radius 2 is 1.37 bits per heavy atom. The van der Waals surface area contributed by atoms with Gasteiger partial charge in [0.1, 0.15) is 0 Å². The van der Waals surface area contributed by atoms with Gasteiger partial charge in [0, 0.05) is 0 Å². The van der Waals surface area contributed by atoms with Crippen LogP contribution in [0, 0.1) is 6.92 Å². The maximum Gasteiger partial charge on any atom is 0.417 e. The second-order valence-electron chi connectivity index (χ2n) is 5.89. The molecule has 0 spiro atoms. The summed E-state index contributed by atoms with van der Waals surface area (Å²) < 4.78 is 39.7.